The molecule has 0 aliphatic carbocycles. The Balaban J connectivity index is 1.92. The Labute approximate surface area is 168 Å². The molecule has 28 heavy (non-hydrogen) atoms. The van der Waals surface area contributed by atoms with Crippen molar-refractivity contribution in [3.63, 3.8) is 0 Å². The molecule has 2 aromatic heterocycles. The largest absolute Gasteiger partial charge is 0.547 e. The van der Waals surface area contributed by atoms with Crippen LogP contribution >= 0.6 is 0 Å². The molecule has 0 aliphatic heterocycles. The van der Waals surface area contributed by atoms with E-state index in [0.717, 1.165) is 11.3 Å². The molecular formula is C22H27N3O2Si. The van der Waals surface area contributed by atoms with E-state index in [9.17, 15) is 5.11 Å². The van der Waals surface area contributed by atoms with Gasteiger partial charge in [0.25, 0.3) is 0 Å². The van der Waals surface area contributed by atoms with Gasteiger partial charge < -0.3 is 9.53 Å². The van der Waals surface area contributed by atoms with E-state index < -0.39 is 9.04 Å². The molecule has 0 bridgehead atoms. The molecule has 3 aromatic rings. The Bertz CT molecular complexity index is 973. The van der Waals surface area contributed by atoms with Crippen molar-refractivity contribution >= 4 is 21.2 Å². The van der Waals surface area contributed by atoms with E-state index in [2.05, 4.69) is 62.1 Å². The predicted octanol–water partition coefficient (Wildman–Crippen LogP) is 4.80. The summed E-state index contributed by atoms with van der Waals surface area (Å²) in [5, 5.41) is 14.6. The van der Waals surface area contributed by atoms with Crippen LogP contribution in [0.3, 0.4) is 0 Å². The van der Waals surface area contributed by atoms with Crippen molar-refractivity contribution in [3.8, 4) is 17.4 Å². The number of benzene rings is 1. The van der Waals surface area contributed by atoms with Crippen LogP contribution in [0, 0.1) is 0 Å². The highest BCUT2D eigenvalue weighted by Gasteiger charge is 2.16. The van der Waals surface area contributed by atoms with Gasteiger partial charge in [0.2, 0.25) is 14.9 Å². The van der Waals surface area contributed by atoms with E-state index in [1.165, 1.54) is 10.2 Å². The molecule has 0 fully saturated rings. The number of hydrogen-bond acceptors (Lipinski definition) is 4. The van der Waals surface area contributed by atoms with Crippen LogP contribution in [0.1, 0.15) is 37.6 Å². The van der Waals surface area contributed by atoms with Gasteiger partial charge >= 0.3 is 0 Å². The van der Waals surface area contributed by atoms with Crippen LogP contribution in [0.15, 0.2) is 48.7 Å². The first-order valence-electron chi connectivity index (χ1n) is 9.44. The highest BCUT2D eigenvalue weighted by Crippen LogP contribution is 2.30. The number of aromatic nitrogens is 3. The zero-order valence-corrected chi connectivity index (χ0v) is 18.2. The van der Waals surface area contributed by atoms with Crippen LogP contribution < -0.4 is 4.43 Å². The lowest BCUT2D eigenvalue weighted by Gasteiger charge is -2.22. The fourth-order valence-electron chi connectivity index (χ4n) is 2.79. The van der Waals surface area contributed by atoms with Crippen molar-refractivity contribution in [1.82, 2.24) is 14.8 Å². The normalized spacial score (nSPS) is 12.1. The van der Waals surface area contributed by atoms with Crippen LogP contribution in [0.5, 0.6) is 11.6 Å². The Morgan fingerprint density at radius 2 is 1.86 bits per heavy atom. The molecule has 3 rings (SSSR count). The molecule has 0 unspecified atom stereocenters. The zero-order valence-electron chi connectivity index (χ0n) is 17.0. The van der Waals surface area contributed by atoms with Gasteiger partial charge in [-0.25, -0.2) is 4.98 Å². The number of pyridine rings is 1. The Morgan fingerprint density at radius 3 is 2.50 bits per heavy atom. The standard InChI is InChI=1S/C22H27N3O2Si/c1-22(2,3)17-11-9-16(19(14-17)27-28(4)5)10-12-18-15-21(26)25(24-18)20-8-6-7-13-23-20/h6-15,26,28H,1-5H3/b12-10+. The first kappa shape index (κ1) is 19.9. The summed E-state index contributed by atoms with van der Waals surface area (Å²) in [7, 11) is -1.25. The SMILES string of the molecule is C[SiH](C)Oc1cc(C(C)(C)C)ccc1/C=C/c1cc(O)n(-c2ccccn2)n1. The third-order valence-electron chi connectivity index (χ3n) is 4.25. The molecule has 2 heterocycles. The molecule has 0 saturated heterocycles. The zero-order chi connectivity index (χ0) is 20.3. The van der Waals surface area contributed by atoms with Gasteiger partial charge in [-0.15, -0.1) is 0 Å². The fourth-order valence-corrected chi connectivity index (χ4v) is 3.50. The lowest BCUT2D eigenvalue weighted by molar-refractivity contribution is 0.432. The maximum atomic E-state index is 10.2. The third kappa shape index (κ3) is 4.70. The Morgan fingerprint density at radius 1 is 1.07 bits per heavy atom. The molecule has 0 saturated carbocycles. The molecule has 146 valence electrons. The van der Waals surface area contributed by atoms with E-state index in [-0.39, 0.29) is 11.3 Å². The van der Waals surface area contributed by atoms with Crippen LogP contribution in [0.25, 0.3) is 18.0 Å². The van der Waals surface area contributed by atoms with Gasteiger partial charge in [-0.1, -0.05) is 39.0 Å². The summed E-state index contributed by atoms with van der Waals surface area (Å²) in [5.41, 5.74) is 2.95. The molecule has 1 aromatic carbocycles. The minimum Gasteiger partial charge on any atom is -0.547 e. The second-order valence-corrected chi connectivity index (χ2v) is 10.4. The molecule has 1 N–H and O–H groups in total. The molecule has 5 nitrogen and oxygen atoms in total. The van der Waals surface area contributed by atoms with Gasteiger partial charge in [-0.05, 0) is 54.4 Å². The quantitative estimate of drug-likeness (QED) is 0.632. The minimum absolute atomic E-state index is 0.0486. The first-order valence-corrected chi connectivity index (χ1v) is 12.2. The molecule has 0 aliphatic rings. The first-order chi connectivity index (χ1) is 13.2. The summed E-state index contributed by atoms with van der Waals surface area (Å²) in [6, 6.07) is 13.5. The van der Waals surface area contributed by atoms with Crippen LogP contribution in [0.4, 0.5) is 0 Å². The fraction of sp³-hybridized carbons (Fsp3) is 0.273. The summed E-state index contributed by atoms with van der Waals surface area (Å²) in [4.78, 5) is 4.22. The number of hydrogen-bond donors (Lipinski definition) is 1. The topological polar surface area (TPSA) is 60.2 Å². The number of aromatic hydroxyl groups is 1. The van der Waals surface area contributed by atoms with E-state index in [1.54, 1.807) is 18.3 Å². The molecule has 0 atom stereocenters. The van der Waals surface area contributed by atoms with Crippen molar-refractivity contribution in [2.45, 2.75) is 39.3 Å². The molecule has 0 spiro atoms. The smallest absolute Gasteiger partial charge is 0.229 e. The predicted molar refractivity (Wildman–Crippen MR) is 117 cm³/mol. The van der Waals surface area contributed by atoms with Crippen molar-refractivity contribution < 1.29 is 9.53 Å². The van der Waals surface area contributed by atoms with Gasteiger partial charge in [-0.2, -0.15) is 9.78 Å². The summed E-state index contributed by atoms with van der Waals surface area (Å²) in [5.74, 6) is 1.52. The van der Waals surface area contributed by atoms with Crippen molar-refractivity contribution in [3.05, 3.63) is 65.5 Å². The van der Waals surface area contributed by atoms with E-state index in [1.807, 2.05) is 24.3 Å². The summed E-state index contributed by atoms with van der Waals surface area (Å²) in [6.45, 7) is 10.9. The Hall–Kier alpha value is -2.86. The highest BCUT2D eigenvalue weighted by atomic mass is 28.3. The van der Waals surface area contributed by atoms with Crippen LogP contribution in [0.2, 0.25) is 13.1 Å². The van der Waals surface area contributed by atoms with E-state index in [4.69, 9.17) is 4.43 Å². The van der Waals surface area contributed by atoms with E-state index in [0.29, 0.717) is 11.5 Å². The average molecular weight is 394 g/mol. The monoisotopic (exact) mass is 393 g/mol. The van der Waals surface area contributed by atoms with Crippen molar-refractivity contribution in [2.24, 2.45) is 0 Å². The third-order valence-corrected chi connectivity index (χ3v) is 4.98. The van der Waals surface area contributed by atoms with Crippen molar-refractivity contribution in [1.29, 1.82) is 0 Å². The van der Waals surface area contributed by atoms with Gasteiger partial charge in [-0.3, -0.25) is 0 Å². The molecule has 0 radical (unpaired) electrons. The lowest BCUT2D eigenvalue weighted by atomic mass is 9.86. The number of rotatable bonds is 5. The minimum atomic E-state index is -1.25. The van der Waals surface area contributed by atoms with Gasteiger partial charge in [0.15, 0.2) is 5.82 Å². The molecule has 0 amide bonds. The highest BCUT2D eigenvalue weighted by molar-refractivity contribution is 6.49. The molecule has 6 heteroatoms. The van der Waals surface area contributed by atoms with Crippen molar-refractivity contribution in [2.75, 3.05) is 0 Å². The van der Waals surface area contributed by atoms with Gasteiger partial charge in [0, 0.05) is 17.8 Å². The second kappa shape index (κ2) is 8.02. The van der Waals surface area contributed by atoms with Gasteiger partial charge in [0.05, 0.1) is 5.69 Å². The average Bonchev–Trinajstić information content (AvgIpc) is 3.01. The van der Waals surface area contributed by atoms with Gasteiger partial charge in [0.1, 0.15) is 5.75 Å². The summed E-state index contributed by atoms with van der Waals surface area (Å²) < 4.78 is 7.59. The second-order valence-electron chi connectivity index (χ2n) is 8.03. The summed E-state index contributed by atoms with van der Waals surface area (Å²) >= 11 is 0. The summed E-state index contributed by atoms with van der Waals surface area (Å²) in [6.07, 6.45) is 5.52. The van der Waals surface area contributed by atoms with Crippen LogP contribution in [-0.4, -0.2) is 28.9 Å². The van der Waals surface area contributed by atoms with E-state index >= 15 is 0 Å². The maximum Gasteiger partial charge on any atom is 0.229 e. The lowest BCUT2D eigenvalue weighted by Crippen LogP contribution is -2.15. The van der Waals surface area contributed by atoms with Crippen LogP contribution in [-0.2, 0) is 5.41 Å². The Kier molecular flexibility index (Phi) is 5.70. The number of nitrogens with zero attached hydrogens (tertiary/aromatic N) is 3. The maximum absolute atomic E-state index is 10.2. The molecular weight excluding hydrogens is 366 g/mol.